The van der Waals surface area contributed by atoms with Gasteiger partial charge in [-0.1, -0.05) is 24.3 Å². The molecule has 1 amide bonds. The third-order valence-electron chi connectivity index (χ3n) is 5.17. The first-order valence-corrected chi connectivity index (χ1v) is 12.0. The molecular weight excluding hydrogens is 421 g/mol. The molecule has 168 valence electrons. The number of nitrogens with zero attached hydrogens (tertiary/aromatic N) is 2. The molecule has 0 radical (unpaired) electrons. The van der Waals surface area contributed by atoms with Gasteiger partial charge in [0.1, 0.15) is 11.9 Å². The van der Waals surface area contributed by atoms with E-state index in [1.807, 2.05) is 24.3 Å². The molecule has 0 bridgehead atoms. The molecule has 1 aliphatic heterocycles. The van der Waals surface area contributed by atoms with Crippen LogP contribution in [-0.2, 0) is 32.6 Å². The summed E-state index contributed by atoms with van der Waals surface area (Å²) < 4.78 is 44.1. The van der Waals surface area contributed by atoms with Crippen LogP contribution in [0.3, 0.4) is 0 Å². The Kier molecular flexibility index (Phi) is 7.64. The van der Waals surface area contributed by atoms with Gasteiger partial charge in [-0.05, 0) is 42.3 Å². The lowest BCUT2D eigenvalue weighted by molar-refractivity contribution is -0.122. The van der Waals surface area contributed by atoms with Gasteiger partial charge >= 0.3 is 0 Å². The number of benzene rings is 2. The molecule has 9 heteroatoms. The minimum Gasteiger partial charge on any atom is -0.379 e. The Morgan fingerprint density at radius 2 is 1.68 bits per heavy atom. The van der Waals surface area contributed by atoms with Gasteiger partial charge < -0.3 is 10.1 Å². The summed E-state index contributed by atoms with van der Waals surface area (Å²) in [5, 5.41) is 2.79. The van der Waals surface area contributed by atoms with E-state index in [0.717, 1.165) is 61.1 Å². The maximum absolute atomic E-state index is 13.2. The van der Waals surface area contributed by atoms with Crippen LogP contribution in [-0.4, -0.2) is 57.8 Å². The summed E-state index contributed by atoms with van der Waals surface area (Å²) in [6, 6.07) is 12.0. The zero-order valence-corrected chi connectivity index (χ0v) is 18.6. The molecule has 0 saturated carbocycles. The summed E-state index contributed by atoms with van der Waals surface area (Å²) in [6.45, 7) is 5.98. The lowest BCUT2D eigenvalue weighted by Gasteiger charge is -2.28. The first-order chi connectivity index (χ1) is 14.7. The predicted molar refractivity (Wildman–Crippen MR) is 118 cm³/mol. The largest absolute Gasteiger partial charge is 0.379 e. The molecule has 3 rings (SSSR count). The summed E-state index contributed by atoms with van der Waals surface area (Å²) in [7, 11) is -3.74. The Labute approximate surface area is 182 Å². The molecule has 1 fully saturated rings. The maximum atomic E-state index is 13.2. The Bertz CT molecular complexity index is 975. The fourth-order valence-corrected chi connectivity index (χ4v) is 4.69. The standard InChI is InChI=1S/C22H28FN3O4S/c1-17(26(31(2,28)29)21-9-7-20(23)8-10-21)22(27)24-15-18-3-5-19(6-4-18)16-25-11-13-30-14-12-25/h3-10,17H,11-16H2,1-2H3,(H,24,27)/t17-/m0/s1. The van der Waals surface area contributed by atoms with E-state index in [-0.39, 0.29) is 12.2 Å². The van der Waals surface area contributed by atoms with E-state index in [1.165, 1.54) is 24.6 Å². The molecule has 7 nitrogen and oxygen atoms in total. The van der Waals surface area contributed by atoms with E-state index in [1.54, 1.807) is 0 Å². The van der Waals surface area contributed by atoms with E-state index in [0.29, 0.717) is 0 Å². The van der Waals surface area contributed by atoms with Crippen molar-refractivity contribution < 1.29 is 22.3 Å². The number of anilines is 1. The van der Waals surface area contributed by atoms with E-state index in [2.05, 4.69) is 10.2 Å². The lowest BCUT2D eigenvalue weighted by atomic mass is 10.1. The Hall–Kier alpha value is -2.49. The van der Waals surface area contributed by atoms with Gasteiger partial charge in [0.25, 0.3) is 0 Å². The minimum atomic E-state index is -3.74. The zero-order chi connectivity index (χ0) is 22.4. The van der Waals surface area contributed by atoms with Gasteiger partial charge in [0.15, 0.2) is 0 Å². The summed E-state index contributed by atoms with van der Waals surface area (Å²) in [5.74, 6) is -0.918. The van der Waals surface area contributed by atoms with Crippen LogP contribution in [0.1, 0.15) is 18.1 Å². The van der Waals surface area contributed by atoms with Crippen molar-refractivity contribution >= 4 is 21.6 Å². The van der Waals surface area contributed by atoms with Gasteiger partial charge in [0, 0.05) is 26.2 Å². The van der Waals surface area contributed by atoms with Crippen molar-refractivity contribution in [1.29, 1.82) is 0 Å². The molecule has 1 atom stereocenters. The van der Waals surface area contributed by atoms with Gasteiger partial charge in [-0.3, -0.25) is 14.0 Å². The van der Waals surface area contributed by atoms with Crippen LogP contribution in [0.4, 0.5) is 10.1 Å². The molecule has 1 N–H and O–H groups in total. The number of rotatable bonds is 8. The first kappa shape index (κ1) is 23.2. The molecule has 0 aromatic heterocycles. The quantitative estimate of drug-likeness (QED) is 0.668. The highest BCUT2D eigenvalue weighted by molar-refractivity contribution is 7.92. The van der Waals surface area contributed by atoms with Crippen LogP contribution in [0.25, 0.3) is 0 Å². The van der Waals surface area contributed by atoms with Crippen molar-refractivity contribution in [2.45, 2.75) is 26.1 Å². The number of carbonyl (C=O) groups is 1. The molecule has 1 aliphatic rings. The van der Waals surface area contributed by atoms with Crippen molar-refractivity contribution in [2.75, 3.05) is 36.9 Å². The summed E-state index contributed by atoms with van der Waals surface area (Å²) in [6.07, 6.45) is 1.02. The van der Waals surface area contributed by atoms with Crippen LogP contribution in [0.5, 0.6) is 0 Å². The van der Waals surface area contributed by atoms with Gasteiger partial charge in [0.2, 0.25) is 15.9 Å². The number of hydrogen-bond acceptors (Lipinski definition) is 5. The number of nitrogens with one attached hydrogen (secondary N) is 1. The Balaban J connectivity index is 1.60. The van der Waals surface area contributed by atoms with Gasteiger partial charge in [-0.25, -0.2) is 12.8 Å². The molecule has 2 aromatic rings. The molecular formula is C22H28FN3O4S. The normalized spacial score (nSPS) is 16.0. The van der Waals surface area contributed by atoms with E-state index < -0.39 is 27.8 Å². The number of sulfonamides is 1. The number of morpholine rings is 1. The lowest BCUT2D eigenvalue weighted by Crippen LogP contribution is -2.47. The van der Waals surface area contributed by atoms with Crippen molar-refractivity contribution in [1.82, 2.24) is 10.2 Å². The first-order valence-electron chi connectivity index (χ1n) is 10.1. The van der Waals surface area contributed by atoms with Crippen LogP contribution >= 0.6 is 0 Å². The maximum Gasteiger partial charge on any atom is 0.243 e. The van der Waals surface area contributed by atoms with E-state index in [9.17, 15) is 17.6 Å². The van der Waals surface area contributed by atoms with Crippen LogP contribution in [0.2, 0.25) is 0 Å². The highest BCUT2D eigenvalue weighted by atomic mass is 32.2. The third-order valence-corrected chi connectivity index (χ3v) is 6.41. The number of hydrogen-bond donors (Lipinski definition) is 1. The second-order valence-electron chi connectivity index (χ2n) is 7.63. The third kappa shape index (κ3) is 6.49. The number of amides is 1. The monoisotopic (exact) mass is 449 g/mol. The van der Waals surface area contributed by atoms with Crippen LogP contribution < -0.4 is 9.62 Å². The number of carbonyl (C=O) groups excluding carboxylic acids is 1. The number of ether oxygens (including phenoxy) is 1. The Morgan fingerprint density at radius 3 is 2.26 bits per heavy atom. The van der Waals surface area contributed by atoms with Crippen molar-refractivity contribution in [3.05, 3.63) is 65.5 Å². The van der Waals surface area contributed by atoms with Crippen molar-refractivity contribution in [3.8, 4) is 0 Å². The van der Waals surface area contributed by atoms with Crippen molar-refractivity contribution in [2.24, 2.45) is 0 Å². The average Bonchev–Trinajstić information content (AvgIpc) is 2.74. The van der Waals surface area contributed by atoms with E-state index >= 15 is 0 Å². The number of halogens is 1. The zero-order valence-electron chi connectivity index (χ0n) is 17.8. The second kappa shape index (κ2) is 10.2. The van der Waals surface area contributed by atoms with Crippen molar-refractivity contribution in [3.63, 3.8) is 0 Å². The molecule has 1 heterocycles. The molecule has 2 aromatic carbocycles. The summed E-state index contributed by atoms with van der Waals surface area (Å²) in [4.78, 5) is 15.0. The molecule has 0 aliphatic carbocycles. The Morgan fingerprint density at radius 1 is 1.10 bits per heavy atom. The smallest absolute Gasteiger partial charge is 0.243 e. The average molecular weight is 450 g/mol. The fraction of sp³-hybridized carbons (Fsp3) is 0.409. The fourth-order valence-electron chi connectivity index (χ4n) is 3.51. The summed E-state index contributed by atoms with van der Waals surface area (Å²) >= 11 is 0. The SMILES string of the molecule is C[C@@H](C(=O)NCc1ccc(CN2CCOCC2)cc1)N(c1ccc(F)cc1)S(C)(=O)=O. The van der Waals surface area contributed by atoms with Gasteiger partial charge in [-0.15, -0.1) is 0 Å². The van der Waals surface area contributed by atoms with E-state index in [4.69, 9.17) is 4.74 Å². The van der Waals surface area contributed by atoms with Gasteiger partial charge in [-0.2, -0.15) is 0 Å². The highest BCUT2D eigenvalue weighted by Crippen LogP contribution is 2.21. The topological polar surface area (TPSA) is 79.0 Å². The molecule has 0 spiro atoms. The van der Waals surface area contributed by atoms with Gasteiger partial charge in [0.05, 0.1) is 25.2 Å². The van der Waals surface area contributed by atoms with Crippen LogP contribution in [0.15, 0.2) is 48.5 Å². The van der Waals surface area contributed by atoms with Crippen LogP contribution in [0, 0.1) is 5.82 Å². The second-order valence-corrected chi connectivity index (χ2v) is 9.49. The summed E-state index contributed by atoms with van der Waals surface area (Å²) in [5.41, 5.74) is 2.34. The minimum absolute atomic E-state index is 0.235. The molecule has 0 unspecified atom stereocenters. The highest BCUT2D eigenvalue weighted by Gasteiger charge is 2.29. The predicted octanol–water partition coefficient (Wildman–Crippen LogP) is 2.13. The molecule has 1 saturated heterocycles. The molecule has 31 heavy (non-hydrogen) atoms.